The van der Waals surface area contributed by atoms with Crippen molar-refractivity contribution in [3.8, 4) is 5.75 Å². The van der Waals surface area contributed by atoms with Crippen molar-refractivity contribution in [2.24, 2.45) is 0 Å². The number of nitrogens with zero attached hydrogens (tertiary/aromatic N) is 1. The predicted octanol–water partition coefficient (Wildman–Crippen LogP) is 2.48. The summed E-state index contributed by atoms with van der Waals surface area (Å²) in [6.45, 7) is 5.01. The Morgan fingerprint density at radius 3 is 2.75 bits per heavy atom. The number of carbonyl (C=O) groups is 1. The summed E-state index contributed by atoms with van der Waals surface area (Å²) in [7, 11) is 1.72. The highest BCUT2D eigenvalue weighted by molar-refractivity contribution is 5.80. The molecule has 0 aliphatic carbocycles. The lowest BCUT2D eigenvalue weighted by Gasteiger charge is -2.21. The molecule has 1 rings (SSSR count). The molecule has 0 saturated heterocycles. The Balaban J connectivity index is 2.27. The van der Waals surface area contributed by atoms with Gasteiger partial charge in [-0.1, -0.05) is 12.1 Å². The monoisotopic (exact) mass is 283 g/mol. The molecule has 0 aromatic heterocycles. The highest BCUT2D eigenvalue weighted by atomic mass is 19.1. The maximum Gasteiger partial charge on any atom is 0.251 e. The van der Waals surface area contributed by atoms with E-state index in [4.69, 9.17) is 9.47 Å². The first-order valence-electron chi connectivity index (χ1n) is 6.80. The van der Waals surface area contributed by atoms with Gasteiger partial charge >= 0.3 is 0 Å². The summed E-state index contributed by atoms with van der Waals surface area (Å²) in [5.41, 5.74) is 0. The fourth-order valence-electron chi connectivity index (χ4n) is 1.79. The van der Waals surface area contributed by atoms with Crippen LogP contribution in [0.2, 0.25) is 0 Å². The van der Waals surface area contributed by atoms with Crippen molar-refractivity contribution in [2.75, 3.05) is 26.8 Å². The number of likely N-dealkylation sites (N-methyl/N-ethyl adjacent to an activating group) is 1. The molecule has 0 saturated carbocycles. The van der Waals surface area contributed by atoms with E-state index in [0.717, 1.165) is 0 Å². The standard InChI is InChI=1S/C15H22FNO3/c1-4-19-12(2)15(18)17(3)10-7-11-20-14-9-6-5-8-13(14)16/h5-6,8-9,12H,4,7,10-11H2,1-3H3. The number of amides is 1. The molecule has 112 valence electrons. The molecule has 0 N–H and O–H groups in total. The lowest BCUT2D eigenvalue weighted by Crippen LogP contribution is -2.37. The van der Waals surface area contributed by atoms with E-state index in [1.165, 1.54) is 6.07 Å². The molecule has 0 aliphatic heterocycles. The van der Waals surface area contributed by atoms with E-state index >= 15 is 0 Å². The summed E-state index contributed by atoms with van der Waals surface area (Å²) >= 11 is 0. The molecular formula is C15H22FNO3. The summed E-state index contributed by atoms with van der Waals surface area (Å²) in [6.07, 6.45) is 0.201. The normalized spacial score (nSPS) is 12.0. The van der Waals surface area contributed by atoms with Crippen molar-refractivity contribution in [3.05, 3.63) is 30.1 Å². The Kier molecular flexibility index (Phi) is 7.01. The van der Waals surface area contributed by atoms with Crippen LogP contribution in [0.3, 0.4) is 0 Å². The summed E-state index contributed by atoms with van der Waals surface area (Å²) in [5.74, 6) is -0.191. The first-order chi connectivity index (χ1) is 9.56. The molecule has 1 atom stereocenters. The number of hydrogen-bond donors (Lipinski definition) is 0. The Morgan fingerprint density at radius 2 is 2.10 bits per heavy atom. The molecule has 1 amide bonds. The second-order valence-corrected chi connectivity index (χ2v) is 4.49. The van der Waals surface area contributed by atoms with E-state index in [9.17, 15) is 9.18 Å². The van der Waals surface area contributed by atoms with Gasteiger partial charge in [-0.05, 0) is 32.4 Å². The number of para-hydroxylation sites is 1. The van der Waals surface area contributed by atoms with Crippen molar-refractivity contribution in [2.45, 2.75) is 26.4 Å². The summed E-state index contributed by atoms with van der Waals surface area (Å²) < 4.78 is 23.9. The Hall–Kier alpha value is -1.62. The third-order valence-electron chi connectivity index (χ3n) is 2.87. The highest BCUT2D eigenvalue weighted by Gasteiger charge is 2.16. The molecule has 0 bridgehead atoms. The smallest absolute Gasteiger partial charge is 0.251 e. The van der Waals surface area contributed by atoms with Crippen LogP contribution in [0.15, 0.2) is 24.3 Å². The highest BCUT2D eigenvalue weighted by Crippen LogP contribution is 2.15. The van der Waals surface area contributed by atoms with Gasteiger partial charge in [0.25, 0.3) is 5.91 Å². The van der Waals surface area contributed by atoms with Crippen LogP contribution in [0.5, 0.6) is 5.75 Å². The zero-order valence-corrected chi connectivity index (χ0v) is 12.3. The van der Waals surface area contributed by atoms with E-state index in [1.807, 2.05) is 6.92 Å². The van der Waals surface area contributed by atoms with Crippen molar-refractivity contribution < 1.29 is 18.7 Å². The molecule has 5 heteroatoms. The minimum absolute atomic E-state index is 0.0576. The third-order valence-corrected chi connectivity index (χ3v) is 2.87. The Labute approximate surface area is 119 Å². The minimum atomic E-state index is -0.433. The molecule has 1 aromatic carbocycles. The van der Waals surface area contributed by atoms with E-state index < -0.39 is 6.10 Å². The Morgan fingerprint density at radius 1 is 1.40 bits per heavy atom. The van der Waals surface area contributed by atoms with Gasteiger partial charge in [-0.15, -0.1) is 0 Å². The molecule has 4 nitrogen and oxygen atoms in total. The zero-order chi connectivity index (χ0) is 15.0. The molecule has 0 aliphatic rings. The largest absolute Gasteiger partial charge is 0.490 e. The first-order valence-corrected chi connectivity index (χ1v) is 6.80. The SMILES string of the molecule is CCOC(C)C(=O)N(C)CCCOc1ccccc1F. The number of benzene rings is 1. The topological polar surface area (TPSA) is 38.8 Å². The molecule has 0 radical (unpaired) electrons. The quantitative estimate of drug-likeness (QED) is 0.688. The van der Waals surface area contributed by atoms with E-state index in [0.29, 0.717) is 26.2 Å². The summed E-state index contributed by atoms with van der Waals surface area (Å²) in [6, 6.07) is 6.28. The fourth-order valence-corrected chi connectivity index (χ4v) is 1.79. The van der Waals surface area contributed by atoms with Gasteiger partial charge in [0.2, 0.25) is 0 Å². The number of carbonyl (C=O) groups excluding carboxylic acids is 1. The van der Waals surface area contributed by atoms with Crippen LogP contribution in [0.4, 0.5) is 4.39 Å². The van der Waals surface area contributed by atoms with Crippen LogP contribution in [0, 0.1) is 5.82 Å². The lowest BCUT2D eigenvalue weighted by atomic mass is 10.3. The van der Waals surface area contributed by atoms with Gasteiger partial charge in [-0.25, -0.2) is 4.39 Å². The molecule has 1 unspecified atom stereocenters. The number of rotatable bonds is 8. The van der Waals surface area contributed by atoms with Crippen LogP contribution < -0.4 is 4.74 Å². The van der Waals surface area contributed by atoms with Gasteiger partial charge < -0.3 is 14.4 Å². The van der Waals surface area contributed by atoms with E-state index in [2.05, 4.69) is 0 Å². The summed E-state index contributed by atoms with van der Waals surface area (Å²) in [5, 5.41) is 0. The van der Waals surface area contributed by atoms with E-state index in [1.54, 1.807) is 37.1 Å². The second kappa shape index (κ2) is 8.53. The third kappa shape index (κ3) is 5.17. The molecule has 20 heavy (non-hydrogen) atoms. The van der Waals surface area contributed by atoms with Crippen molar-refractivity contribution >= 4 is 5.91 Å². The van der Waals surface area contributed by atoms with Gasteiger partial charge in [0, 0.05) is 20.2 Å². The van der Waals surface area contributed by atoms with Crippen molar-refractivity contribution in [1.82, 2.24) is 4.90 Å². The second-order valence-electron chi connectivity index (χ2n) is 4.49. The first kappa shape index (κ1) is 16.4. The van der Waals surface area contributed by atoms with Gasteiger partial charge in [0.05, 0.1) is 6.61 Å². The van der Waals surface area contributed by atoms with Crippen molar-refractivity contribution in [1.29, 1.82) is 0 Å². The molecule has 0 spiro atoms. The van der Waals surface area contributed by atoms with Crippen LogP contribution in [-0.2, 0) is 9.53 Å². The predicted molar refractivity (Wildman–Crippen MR) is 75.2 cm³/mol. The van der Waals surface area contributed by atoms with Gasteiger partial charge in [0.1, 0.15) is 6.10 Å². The van der Waals surface area contributed by atoms with Crippen LogP contribution in [-0.4, -0.2) is 43.7 Å². The van der Waals surface area contributed by atoms with Crippen LogP contribution >= 0.6 is 0 Å². The number of hydrogen-bond acceptors (Lipinski definition) is 3. The lowest BCUT2D eigenvalue weighted by molar-refractivity contribution is -0.141. The van der Waals surface area contributed by atoms with Gasteiger partial charge in [-0.3, -0.25) is 4.79 Å². The van der Waals surface area contributed by atoms with E-state index in [-0.39, 0.29) is 17.5 Å². The van der Waals surface area contributed by atoms with Crippen LogP contribution in [0.1, 0.15) is 20.3 Å². The fraction of sp³-hybridized carbons (Fsp3) is 0.533. The minimum Gasteiger partial charge on any atom is -0.490 e. The average Bonchev–Trinajstić information content (AvgIpc) is 2.44. The molecule has 1 aromatic rings. The van der Waals surface area contributed by atoms with Crippen molar-refractivity contribution in [3.63, 3.8) is 0 Å². The average molecular weight is 283 g/mol. The number of ether oxygens (including phenoxy) is 2. The Bertz CT molecular complexity index is 425. The van der Waals surface area contributed by atoms with Gasteiger partial charge in [0.15, 0.2) is 11.6 Å². The molecular weight excluding hydrogens is 261 g/mol. The maximum atomic E-state index is 13.3. The zero-order valence-electron chi connectivity index (χ0n) is 12.3. The molecule has 0 fully saturated rings. The van der Waals surface area contributed by atoms with Gasteiger partial charge in [-0.2, -0.15) is 0 Å². The van der Waals surface area contributed by atoms with Crippen LogP contribution in [0.25, 0.3) is 0 Å². The number of halogens is 1. The molecule has 0 heterocycles. The summed E-state index contributed by atoms with van der Waals surface area (Å²) in [4.78, 5) is 13.5. The maximum absolute atomic E-state index is 13.3.